The Bertz CT molecular complexity index is 9070. The molecule has 0 aliphatic heterocycles. The van der Waals surface area contributed by atoms with Crippen molar-refractivity contribution < 1.29 is 85.8 Å². The number of hydrogen-bond donors (Lipinski definition) is 0. The molecule has 0 fully saturated rings. The molecule has 18 nitrogen and oxygen atoms in total. The van der Waals surface area contributed by atoms with E-state index in [0.717, 1.165) is 180 Å². The molecule has 0 unspecified atom stereocenters. The van der Waals surface area contributed by atoms with Gasteiger partial charge in [-0.1, -0.05) is 291 Å². The largest absolute Gasteiger partial charge is 0.423 e. The van der Waals surface area contributed by atoms with Gasteiger partial charge in [0.05, 0.1) is 50.1 Å². The highest BCUT2D eigenvalue weighted by atomic mass is 16.6. The lowest BCUT2D eigenvalue weighted by atomic mass is 9.92. The maximum atomic E-state index is 15.8. The van der Waals surface area contributed by atoms with Crippen molar-refractivity contribution in [3.05, 3.63) is 450 Å². The highest BCUT2D eigenvalue weighted by Crippen LogP contribution is 2.47. The lowest BCUT2D eigenvalue weighted by Crippen LogP contribution is -2.15. The van der Waals surface area contributed by atoms with Gasteiger partial charge in [-0.2, -0.15) is 0 Å². The summed E-state index contributed by atoms with van der Waals surface area (Å²) in [5.74, 6) is -11.7. The number of ether oxygens (including phenoxy) is 9. The SMILES string of the molecule is O=C(Oc1cc(OC(=O)c2cc(OC(=O)c3ccc4ccc5cccc6ccc3c4c56)cc(OC(=O)c3ccc4ccc5cccc6ccc3c4c56)c2)cc(OC(=O)c2cc(OC(=O)c3ccc4ccc5cccc6ccc3c4c56)cc(OC(=O)c3ccc4ccc5cccc6ccc3c4c56)c2)c1)c1cc(OC(=O)c2ccc3ccc4cccc5ccc2c3c45)cc(OC(=O)c2ccc3ccc4cccc5ccc2c3c45)c1. The molecule has 28 rings (SSSR count). The van der Waals surface area contributed by atoms with Crippen LogP contribution in [0.1, 0.15) is 93.2 Å². The van der Waals surface area contributed by atoms with Gasteiger partial charge in [-0.15, -0.1) is 0 Å². The van der Waals surface area contributed by atoms with E-state index in [1.165, 1.54) is 54.6 Å². The number of benzene rings is 28. The Hall–Kier alpha value is -20.4. The van der Waals surface area contributed by atoms with E-state index in [4.69, 9.17) is 42.6 Å². The van der Waals surface area contributed by atoms with Gasteiger partial charge in [0.25, 0.3) is 0 Å². The molecule has 147 heavy (non-hydrogen) atoms. The molecule has 18 heteroatoms. The fraction of sp³-hybridized carbons (Fsp3) is 0. The number of hydrogen-bond acceptors (Lipinski definition) is 18. The zero-order valence-electron chi connectivity index (χ0n) is 77.0. The third-order valence-corrected chi connectivity index (χ3v) is 28.6. The monoisotopic (exact) mass is 1900 g/mol. The van der Waals surface area contributed by atoms with Gasteiger partial charge in [-0.25, -0.2) is 43.2 Å². The van der Waals surface area contributed by atoms with Crippen LogP contribution in [0.4, 0.5) is 0 Å². The standard InChI is InChI=1S/C129H66O18/c130-121(85-55-88(142-124(133)103-49-37-79-25-19-67-7-1-13-73-31-43-97(103)115(79)109(67)73)61-89(56-85)143-125(134)104-50-38-80-26-20-68-8-2-14-74-32-44-98(104)116(80)110(68)74)139-94-64-95(140-122(131)86-57-90(144-126(135)105-51-39-81-27-21-69-9-3-15-75-33-45-99(105)117(81)111(69)75)62-91(58-86)145-127(136)106-52-40-82-28-22-70-10-4-16-76-34-46-100(106)118(82)112(70)76)66-96(65-94)141-123(132)87-59-92(146-128(137)107-53-41-83-29-23-71-11-5-17-77-35-47-101(107)119(83)113(71)77)63-93(60-87)147-129(138)108-54-42-84-30-24-72-12-6-18-78-36-48-102(108)120(84)114(72)78/h1-66H. The van der Waals surface area contributed by atoms with E-state index in [9.17, 15) is 0 Å². The smallest absolute Gasteiger partial charge is 0.344 e. The molecular weight excluding hydrogens is 1840 g/mol. The Morgan fingerprint density at radius 2 is 0.231 bits per heavy atom. The van der Waals surface area contributed by atoms with Crippen molar-refractivity contribution in [2.45, 2.75) is 0 Å². The second kappa shape index (κ2) is 32.9. The zero-order chi connectivity index (χ0) is 98.4. The molecule has 0 saturated heterocycles. The molecule has 690 valence electrons. The third kappa shape index (κ3) is 14.1. The quantitative estimate of drug-likeness (QED) is 0.0441. The highest BCUT2D eigenvalue weighted by Gasteiger charge is 2.31. The summed E-state index contributed by atoms with van der Waals surface area (Å²) in [5, 5.41) is 30.7. The Morgan fingerprint density at radius 1 is 0.116 bits per heavy atom. The van der Waals surface area contributed by atoms with E-state index in [2.05, 4.69) is 0 Å². The molecule has 0 aliphatic carbocycles. The van der Waals surface area contributed by atoms with Crippen LogP contribution in [0.5, 0.6) is 51.7 Å². The maximum absolute atomic E-state index is 15.8. The predicted molar refractivity (Wildman–Crippen MR) is 571 cm³/mol. The summed E-state index contributed by atoms with van der Waals surface area (Å²) in [4.78, 5) is 138. The van der Waals surface area contributed by atoms with Crippen LogP contribution in [-0.4, -0.2) is 53.7 Å². The summed E-state index contributed by atoms with van der Waals surface area (Å²) in [6.07, 6.45) is 0. The van der Waals surface area contributed by atoms with Crippen LogP contribution >= 0.6 is 0 Å². The predicted octanol–water partition coefficient (Wildman–Crippen LogP) is 30.0. The average molecular weight is 1900 g/mol. The van der Waals surface area contributed by atoms with Crippen molar-refractivity contribution in [3.63, 3.8) is 0 Å². The lowest BCUT2D eigenvalue weighted by Gasteiger charge is -2.16. The van der Waals surface area contributed by atoms with Crippen molar-refractivity contribution in [3.8, 4) is 51.7 Å². The van der Waals surface area contributed by atoms with Gasteiger partial charge in [0.1, 0.15) is 51.7 Å². The van der Waals surface area contributed by atoms with Crippen molar-refractivity contribution in [2.24, 2.45) is 0 Å². The molecule has 0 N–H and O–H groups in total. The van der Waals surface area contributed by atoms with Crippen molar-refractivity contribution >= 4 is 248 Å². The molecule has 0 aliphatic rings. The fourth-order valence-electron chi connectivity index (χ4n) is 22.1. The van der Waals surface area contributed by atoms with Gasteiger partial charge in [0.2, 0.25) is 0 Å². The van der Waals surface area contributed by atoms with E-state index >= 15 is 43.2 Å². The highest BCUT2D eigenvalue weighted by molar-refractivity contribution is 6.33. The van der Waals surface area contributed by atoms with E-state index in [0.29, 0.717) is 32.3 Å². The Kier molecular flexibility index (Phi) is 18.9. The summed E-state index contributed by atoms with van der Waals surface area (Å²) >= 11 is 0. The summed E-state index contributed by atoms with van der Waals surface area (Å²) < 4.78 is 57.0. The molecule has 0 spiro atoms. The topological polar surface area (TPSA) is 237 Å². The van der Waals surface area contributed by atoms with Crippen LogP contribution < -0.4 is 42.6 Å². The minimum atomic E-state index is -1.21. The first-order valence-electron chi connectivity index (χ1n) is 47.5. The summed E-state index contributed by atoms with van der Waals surface area (Å²) in [5.41, 5.74) is -0.0879. The Morgan fingerprint density at radius 3 is 0.381 bits per heavy atom. The summed E-state index contributed by atoms with van der Waals surface area (Å²) in [6.45, 7) is 0. The molecule has 0 saturated carbocycles. The maximum Gasteiger partial charge on any atom is 0.344 e. The van der Waals surface area contributed by atoms with Gasteiger partial charge in [-0.05, 0) is 267 Å². The second-order valence-electron chi connectivity index (χ2n) is 37.0. The normalized spacial score (nSPS) is 11.9. The molecule has 0 heterocycles. The van der Waals surface area contributed by atoms with Gasteiger partial charge in [0, 0.05) is 36.4 Å². The van der Waals surface area contributed by atoms with E-state index in [1.54, 1.807) is 36.4 Å². The average Bonchev–Trinajstić information content (AvgIpc) is 0.755. The van der Waals surface area contributed by atoms with E-state index < -0.39 is 71.0 Å². The zero-order valence-corrected chi connectivity index (χ0v) is 77.0. The molecule has 0 aromatic heterocycles. The molecule has 0 bridgehead atoms. The van der Waals surface area contributed by atoms with Crippen LogP contribution in [-0.2, 0) is 0 Å². The van der Waals surface area contributed by atoms with Crippen LogP contribution in [0.15, 0.2) is 400 Å². The van der Waals surface area contributed by atoms with Crippen LogP contribution in [0, 0.1) is 0 Å². The molecule has 0 radical (unpaired) electrons. The first-order chi connectivity index (χ1) is 71.9. The summed E-state index contributed by atoms with van der Waals surface area (Å²) in [6, 6.07) is 118. The Balaban J connectivity index is 0.565. The molecular formula is C129H66O18. The third-order valence-electron chi connectivity index (χ3n) is 28.6. The molecule has 28 aromatic rings. The van der Waals surface area contributed by atoms with Crippen molar-refractivity contribution in [1.82, 2.24) is 0 Å². The van der Waals surface area contributed by atoms with Gasteiger partial charge < -0.3 is 42.6 Å². The molecule has 0 amide bonds. The molecule has 0 atom stereocenters. The van der Waals surface area contributed by atoms with Crippen LogP contribution in [0.25, 0.3) is 194 Å². The first kappa shape index (κ1) is 84.7. The number of carbonyl (C=O) groups is 9. The van der Waals surface area contributed by atoms with Gasteiger partial charge in [-0.3, -0.25) is 0 Å². The molecule has 28 aromatic carbocycles. The number of rotatable bonds is 18. The van der Waals surface area contributed by atoms with Crippen molar-refractivity contribution in [1.29, 1.82) is 0 Å². The van der Waals surface area contributed by atoms with E-state index in [-0.39, 0.29) is 84.6 Å². The lowest BCUT2D eigenvalue weighted by molar-refractivity contribution is 0.0691. The second-order valence-corrected chi connectivity index (χ2v) is 37.0. The number of carbonyl (C=O) groups excluding carboxylic acids is 9. The van der Waals surface area contributed by atoms with Crippen LogP contribution in [0.3, 0.4) is 0 Å². The minimum Gasteiger partial charge on any atom is -0.423 e. The van der Waals surface area contributed by atoms with Crippen LogP contribution in [0.2, 0.25) is 0 Å². The van der Waals surface area contributed by atoms with Crippen molar-refractivity contribution in [2.75, 3.05) is 0 Å². The van der Waals surface area contributed by atoms with Gasteiger partial charge >= 0.3 is 53.7 Å². The summed E-state index contributed by atoms with van der Waals surface area (Å²) in [7, 11) is 0. The van der Waals surface area contributed by atoms with E-state index in [1.807, 2.05) is 291 Å². The minimum absolute atomic E-state index is 0.170. The fourth-order valence-corrected chi connectivity index (χ4v) is 22.1. The first-order valence-corrected chi connectivity index (χ1v) is 47.5. The van der Waals surface area contributed by atoms with Gasteiger partial charge in [0.15, 0.2) is 0 Å². The number of esters is 9. The Labute approximate surface area is 830 Å².